The van der Waals surface area contributed by atoms with Crippen molar-refractivity contribution in [2.45, 2.75) is 13.3 Å². The standard InChI is InChI=1S/C11H12BrN3O2/c1-3-5-14(6-4-2)11-10(15(16)17)7-9(12)8-13-11/h1,7-8H,4-6H2,2H3. The zero-order chi connectivity index (χ0) is 12.8. The summed E-state index contributed by atoms with van der Waals surface area (Å²) in [4.78, 5) is 16.3. The Hall–Kier alpha value is -1.61. The van der Waals surface area contributed by atoms with Gasteiger partial charge in [0.2, 0.25) is 5.82 Å². The van der Waals surface area contributed by atoms with Crippen molar-refractivity contribution in [1.82, 2.24) is 4.98 Å². The molecular formula is C11H12BrN3O2. The number of hydrogen-bond donors (Lipinski definition) is 0. The van der Waals surface area contributed by atoms with Crippen LogP contribution in [0.25, 0.3) is 0 Å². The predicted octanol–water partition coefficient (Wildman–Crippen LogP) is 2.60. The zero-order valence-electron chi connectivity index (χ0n) is 9.39. The third kappa shape index (κ3) is 3.43. The average Bonchev–Trinajstić information content (AvgIpc) is 2.28. The van der Waals surface area contributed by atoms with E-state index in [0.29, 0.717) is 23.4 Å². The molecule has 0 aliphatic heterocycles. The second-order valence-corrected chi connectivity index (χ2v) is 4.29. The van der Waals surface area contributed by atoms with Crippen molar-refractivity contribution in [2.75, 3.05) is 18.0 Å². The minimum atomic E-state index is -0.452. The summed E-state index contributed by atoms with van der Waals surface area (Å²) in [6.07, 6.45) is 7.63. The first kappa shape index (κ1) is 13.5. The fraction of sp³-hybridized carbons (Fsp3) is 0.364. The fourth-order valence-electron chi connectivity index (χ4n) is 1.44. The number of nitrogens with zero attached hydrogens (tertiary/aromatic N) is 3. The van der Waals surface area contributed by atoms with Gasteiger partial charge in [0, 0.05) is 23.3 Å². The van der Waals surface area contributed by atoms with E-state index in [1.54, 1.807) is 4.90 Å². The molecule has 1 aromatic rings. The van der Waals surface area contributed by atoms with Gasteiger partial charge in [-0.1, -0.05) is 12.8 Å². The molecule has 0 N–H and O–H groups in total. The van der Waals surface area contributed by atoms with Crippen molar-refractivity contribution in [3.63, 3.8) is 0 Å². The maximum atomic E-state index is 11.0. The number of aromatic nitrogens is 1. The minimum absolute atomic E-state index is 0.0388. The minimum Gasteiger partial charge on any atom is -0.340 e. The summed E-state index contributed by atoms with van der Waals surface area (Å²) in [5, 5.41) is 11.0. The lowest BCUT2D eigenvalue weighted by Crippen LogP contribution is -2.26. The molecule has 17 heavy (non-hydrogen) atoms. The molecule has 90 valence electrons. The van der Waals surface area contributed by atoms with Crippen molar-refractivity contribution < 1.29 is 4.92 Å². The first-order valence-corrected chi connectivity index (χ1v) is 5.87. The van der Waals surface area contributed by atoms with E-state index in [1.807, 2.05) is 6.92 Å². The highest BCUT2D eigenvalue weighted by Gasteiger charge is 2.20. The van der Waals surface area contributed by atoms with Crippen LogP contribution in [0.3, 0.4) is 0 Å². The molecule has 1 heterocycles. The second kappa shape index (κ2) is 6.21. The quantitative estimate of drug-likeness (QED) is 0.476. The largest absolute Gasteiger partial charge is 0.340 e. The third-order valence-electron chi connectivity index (χ3n) is 2.09. The first-order chi connectivity index (χ1) is 8.10. The van der Waals surface area contributed by atoms with Crippen LogP contribution in [-0.4, -0.2) is 23.0 Å². The fourth-order valence-corrected chi connectivity index (χ4v) is 1.76. The number of anilines is 1. The van der Waals surface area contributed by atoms with Crippen molar-refractivity contribution in [3.05, 3.63) is 26.9 Å². The van der Waals surface area contributed by atoms with E-state index in [9.17, 15) is 10.1 Å². The topological polar surface area (TPSA) is 59.3 Å². The van der Waals surface area contributed by atoms with Crippen LogP contribution in [0.15, 0.2) is 16.7 Å². The monoisotopic (exact) mass is 297 g/mol. The number of hydrogen-bond acceptors (Lipinski definition) is 4. The van der Waals surface area contributed by atoms with Crippen LogP contribution in [0.1, 0.15) is 13.3 Å². The smallest absolute Gasteiger partial charge is 0.312 e. The van der Waals surface area contributed by atoms with Crippen LogP contribution in [0, 0.1) is 22.5 Å². The molecule has 0 atom stereocenters. The Morgan fingerprint density at radius 2 is 2.41 bits per heavy atom. The Labute approximate surface area is 108 Å². The molecule has 0 amide bonds. The van der Waals surface area contributed by atoms with E-state index in [1.165, 1.54) is 12.3 Å². The lowest BCUT2D eigenvalue weighted by atomic mass is 10.3. The molecule has 6 heteroatoms. The van der Waals surface area contributed by atoms with E-state index in [2.05, 4.69) is 26.8 Å². The molecule has 0 bridgehead atoms. The molecule has 5 nitrogen and oxygen atoms in total. The lowest BCUT2D eigenvalue weighted by molar-refractivity contribution is -0.384. The van der Waals surface area contributed by atoms with Gasteiger partial charge < -0.3 is 4.90 Å². The third-order valence-corrected chi connectivity index (χ3v) is 2.52. The summed E-state index contributed by atoms with van der Waals surface area (Å²) in [6.45, 7) is 2.93. The van der Waals surface area contributed by atoms with Crippen molar-refractivity contribution in [1.29, 1.82) is 0 Å². The molecule has 0 unspecified atom stereocenters. The van der Waals surface area contributed by atoms with Gasteiger partial charge in [-0.3, -0.25) is 10.1 Å². The Balaban J connectivity index is 3.18. The van der Waals surface area contributed by atoms with E-state index < -0.39 is 4.92 Å². The van der Waals surface area contributed by atoms with Crippen LogP contribution in [0.5, 0.6) is 0 Å². The van der Waals surface area contributed by atoms with E-state index >= 15 is 0 Å². The number of nitro groups is 1. The molecule has 0 radical (unpaired) electrons. The molecule has 0 aliphatic carbocycles. The van der Waals surface area contributed by atoms with Gasteiger partial charge in [0.25, 0.3) is 0 Å². The SMILES string of the molecule is C#CCN(CCC)c1ncc(Br)cc1[N+](=O)[O-]. The van der Waals surface area contributed by atoms with Crippen molar-refractivity contribution in [3.8, 4) is 12.3 Å². The van der Waals surface area contributed by atoms with E-state index in [4.69, 9.17) is 6.42 Å². The second-order valence-electron chi connectivity index (χ2n) is 3.38. The molecular weight excluding hydrogens is 286 g/mol. The Kier molecular flexibility index (Phi) is 4.91. The maximum absolute atomic E-state index is 11.0. The molecule has 0 saturated carbocycles. The number of pyridine rings is 1. The first-order valence-electron chi connectivity index (χ1n) is 5.08. The molecule has 0 aromatic carbocycles. The number of terminal acetylenes is 1. The summed E-state index contributed by atoms with van der Waals surface area (Å²) < 4.78 is 0.574. The molecule has 1 aromatic heterocycles. The van der Waals surface area contributed by atoms with Gasteiger partial charge in [-0.15, -0.1) is 6.42 Å². The van der Waals surface area contributed by atoms with Gasteiger partial charge >= 0.3 is 5.69 Å². The van der Waals surface area contributed by atoms with Gasteiger partial charge in [-0.2, -0.15) is 0 Å². The Bertz CT molecular complexity index is 457. The average molecular weight is 298 g/mol. The summed E-state index contributed by atoms with van der Waals surface area (Å²) in [5.74, 6) is 2.80. The summed E-state index contributed by atoms with van der Waals surface area (Å²) in [5.41, 5.74) is -0.0388. The molecule has 0 spiro atoms. The normalized spacial score (nSPS) is 9.71. The Morgan fingerprint density at radius 3 is 2.94 bits per heavy atom. The van der Waals surface area contributed by atoms with Crippen molar-refractivity contribution in [2.24, 2.45) is 0 Å². The van der Waals surface area contributed by atoms with Crippen molar-refractivity contribution >= 4 is 27.4 Å². The summed E-state index contributed by atoms with van der Waals surface area (Å²) in [7, 11) is 0. The molecule has 0 saturated heterocycles. The molecule has 0 fully saturated rings. The van der Waals surface area contributed by atoms with Gasteiger partial charge in [-0.25, -0.2) is 4.98 Å². The summed E-state index contributed by atoms with van der Waals surface area (Å²) in [6, 6.07) is 1.43. The van der Waals surface area contributed by atoms with Gasteiger partial charge in [0.1, 0.15) is 0 Å². The number of rotatable bonds is 5. The van der Waals surface area contributed by atoms with E-state index in [0.717, 1.165) is 6.42 Å². The zero-order valence-corrected chi connectivity index (χ0v) is 11.0. The van der Waals surface area contributed by atoms with Gasteiger partial charge in [0.05, 0.1) is 11.5 Å². The lowest BCUT2D eigenvalue weighted by Gasteiger charge is -2.19. The van der Waals surface area contributed by atoms with Crippen LogP contribution in [-0.2, 0) is 0 Å². The van der Waals surface area contributed by atoms with Gasteiger partial charge in [0.15, 0.2) is 0 Å². The maximum Gasteiger partial charge on any atom is 0.312 e. The van der Waals surface area contributed by atoms with Crippen LogP contribution < -0.4 is 4.90 Å². The van der Waals surface area contributed by atoms with E-state index in [-0.39, 0.29) is 5.69 Å². The van der Waals surface area contributed by atoms with Crippen LogP contribution in [0.4, 0.5) is 11.5 Å². The van der Waals surface area contributed by atoms with Crippen LogP contribution in [0.2, 0.25) is 0 Å². The number of halogens is 1. The summed E-state index contributed by atoms with van der Waals surface area (Å²) >= 11 is 3.17. The predicted molar refractivity (Wildman–Crippen MR) is 69.9 cm³/mol. The van der Waals surface area contributed by atoms with Gasteiger partial charge in [-0.05, 0) is 22.4 Å². The molecule has 1 rings (SSSR count). The Morgan fingerprint density at radius 1 is 1.71 bits per heavy atom. The van der Waals surface area contributed by atoms with Crippen LogP contribution >= 0.6 is 15.9 Å². The highest BCUT2D eigenvalue weighted by molar-refractivity contribution is 9.10. The highest BCUT2D eigenvalue weighted by atomic mass is 79.9. The molecule has 0 aliphatic rings. The highest BCUT2D eigenvalue weighted by Crippen LogP contribution is 2.28.